The van der Waals surface area contributed by atoms with E-state index >= 15 is 0 Å². The maximum Gasteiger partial charge on any atom is 0.246 e. The number of hydrogen-bond acceptors (Lipinski definition) is 3. The molecule has 0 bridgehead atoms. The summed E-state index contributed by atoms with van der Waals surface area (Å²) >= 11 is 0. The number of carbonyl (C=O) groups is 2. The molecule has 2 unspecified atom stereocenters. The van der Waals surface area contributed by atoms with Gasteiger partial charge >= 0.3 is 0 Å². The Kier molecular flexibility index (Phi) is 3.80. The van der Waals surface area contributed by atoms with E-state index in [1.165, 1.54) is 5.56 Å². The van der Waals surface area contributed by atoms with Crippen LogP contribution in [0.15, 0.2) is 42.9 Å². The highest BCUT2D eigenvalue weighted by atomic mass is 16.2. The highest BCUT2D eigenvalue weighted by Gasteiger charge is 2.42. The summed E-state index contributed by atoms with van der Waals surface area (Å²) in [5, 5.41) is 2.87. The Hall–Kier alpha value is -2.63. The summed E-state index contributed by atoms with van der Waals surface area (Å²) in [6.07, 6.45) is 5.84. The zero-order valence-electron chi connectivity index (χ0n) is 13.4. The van der Waals surface area contributed by atoms with Gasteiger partial charge in [-0.3, -0.25) is 9.59 Å². The van der Waals surface area contributed by atoms with Gasteiger partial charge in [0.05, 0.1) is 12.0 Å². The molecule has 2 aliphatic rings. The van der Waals surface area contributed by atoms with Gasteiger partial charge in [0.2, 0.25) is 11.8 Å². The lowest BCUT2D eigenvalue weighted by Gasteiger charge is -2.34. The van der Waals surface area contributed by atoms with Crippen LogP contribution >= 0.6 is 0 Å². The zero-order valence-corrected chi connectivity index (χ0v) is 13.4. The van der Waals surface area contributed by atoms with Gasteiger partial charge in [0.15, 0.2) is 0 Å². The Bertz CT molecular complexity index is 755. The van der Waals surface area contributed by atoms with Crippen LogP contribution in [0.2, 0.25) is 0 Å². The van der Waals surface area contributed by atoms with E-state index in [4.69, 9.17) is 0 Å². The monoisotopic (exact) mass is 324 g/mol. The average Bonchev–Trinajstić information content (AvgIpc) is 3.23. The van der Waals surface area contributed by atoms with Gasteiger partial charge in [0.1, 0.15) is 12.1 Å². The second-order valence-corrected chi connectivity index (χ2v) is 6.48. The van der Waals surface area contributed by atoms with E-state index in [2.05, 4.69) is 22.4 Å². The lowest BCUT2D eigenvalue weighted by atomic mass is 10.0. The summed E-state index contributed by atoms with van der Waals surface area (Å²) in [5.41, 5.74) is 2.02. The van der Waals surface area contributed by atoms with Gasteiger partial charge in [-0.05, 0) is 18.4 Å². The highest BCUT2D eigenvalue weighted by molar-refractivity contribution is 5.97. The molecular weight excluding hydrogens is 304 g/mol. The Balaban J connectivity index is 1.44. The van der Waals surface area contributed by atoms with Crippen LogP contribution in [0.4, 0.5) is 0 Å². The van der Waals surface area contributed by atoms with Gasteiger partial charge in [0.25, 0.3) is 0 Å². The minimum absolute atomic E-state index is 0.0229. The van der Waals surface area contributed by atoms with E-state index in [1.807, 2.05) is 29.0 Å². The molecule has 0 spiro atoms. The summed E-state index contributed by atoms with van der Waals surface area (Å²) in [6, 6.07) is 9.39. The molecule has 6 heteroatoms. The lowest BCUT2D eigenvalue weighted by molar-refractivity contribution is -0.147. The van der Waals surface area contributed by atoms with E-state index < -0.39 is 6.04 Å². The summed E-state index contributed by atoms with van der Waals surface area (Å²) < 4.78 is 2.00. The third kappa shape index (κ3) is 2.79. The molecule has 24 heavy (non-hydrogen) atoms. The molecule has 2 aliphatic heterocycles. The standard InChI is InChI=1S/C18H20N4O2/c23-17-16-7-4-8-22(16)18(24)15(20-17)9-14-11-21(12-19-14)10-13-5-2-1-3-6-13/h1-3,5-6,11-12,15-16H,4,7-10H2,(H,20,23). The van der Waals surface area contributed by atoms with Crippen LogP contribution in [-0.4, -0.2) is 44.9 Å². The second kappa shape index (κ2) is 6.11. The van der Waals surface area contributed by atoms with Crippen LogP contribution < -0.4 is 5.32 Å². The Labute approximate surface area is 140 Å². The van der Waals surface area contributed by atoms with Crippen molar-refractivity contribution >= 4 is 11.8 Å². The number of imidazole rings is 1. The fourth-order valence-corrected chi connectivity index (χ4v) is 3.57. The molecule has 4 rings (SSSR count). The summed E-state index contributed by atoms with van der Waals surface area (Å²) in [6.45, 7) is 1.43. The summed E-state index contributed by atoms with van der Waals surface area (Å²) in [4.78, 5) is 30.8. The SMILES string of the molecule is O=C1NC(Cc2cn(Cc3ccccc3)cn2)C(=O)N2CCCC12. The van der Waals surface area contributed by atoms with Crippen molar-refractivity contribution in [1.29, 1.82) is 0 Å². The quantitative estimate of drug-likeness (QED) is 0.911. The number of hydrogen-bond donors (Lipinski definition) is 1. The van der Waals surface area contributed by atoms with Gasteiger partial charge < -0.3 is 14.8 Å². The third-order valence-electron chi connectivity index (χ3n) is 4.76. The molecule has 2 atom stereocenters. The fourth-order valence-electron chi connectivity index (χ4n) is 3.57. The first-order chi connectivity index (χ1) is 11.7. The van der Waals surface area contributed by atoms with Crippen molar-refractivity contribution in [3.05, 3.63) is 54.1 Å². The number of amides is 2. The topological polar surface area (TPSA) is 67.2 Å². The Morgan fingerprint density at radius 1 is 1.21 bits per heavy atom. The number of nitrogens with zero attached hydrogens (tertiary/aromatic N) is 3. The summed E-state index contributed by atoms with van der Waals surface area (Å²) in [7, 11) is 0. The van der Waals surface area contributed by atoms with Gasteiger partial charge in [-0.15, -0.1) is 0 Å². The van der Waals surface area contributed by atoms with Crippen molar-refractivity contribution in [2.45, 2.75) is 37.9 Å². The fraction of sp³-hybridized carbons (Fsp3) is 0.389. The normalized spacial score (nSPS) is 23.2. The molecule has 6 nitrogen and oxygen atoms in total. The van der Waals surface area contributed by atoms with Gasteiger partial charge in [0, 0.05) is 25.7 Å². The van der Waals surface area contributed by atoms with Crippen molar-refractivity contribution in [3.8, 4) is 0 Å². The predicted molar refractivity (Wildman–Crippen MR) is 88.1 cm³/mol. The molecule has 2 aromatic rings. The molecule has 3 heterocycles. The van der Waals surface area contributed by atoms with Crippen LogP contribution in [0.25, 0.3) is 0 Å². The number of aromatic nitrogens is 2. The van der Waals surface area contributed by atoms with Crippen LogP contribution in [0.1, 0.15) is 24.1 Å². The van der Waals surface area contributed by atoms with E-state index in [0.717, 1.165) is 25.1 Å². The molecule has 2 fully saturated rings. The molecule has 2 saturated heterocycles. The number of piperazine rings is 1. The maximum atomic E-state index is 12.5. The first-order valence-electron chi connectivity index (χ1n) is 8.36. The van der Waals surface area contributed by atoms with Gasteiger partial charge in [-0.2, -0.15) is 0 Å². The largest absolute Gasteiger partial charge is 0.342 e. The predicted octanol–water partition coefficient (Wildman–Crippen LogP) is 0.963. The van der Waals surface area contributed by atoms with Crippen molar-refractivity contribution in [1.82, 2.24) is 19.8 Å². The van der Waals surface area contributed by atoms with Crippen molar-refractivity contribution in [2.75, 3.05) is 6.54 Å². The molecule has 1 aromatic carbocycles. The minimum Gasteiger partial charge on any atom is -0.342 e. The second-order valence-electron chi connectivity index (χ2n) is 6.48. The lowest BCUT2D eigenvalue weighted by Crippen LogP contribution is -2.61. The zero-order chi connectivity index (χ0) is 16.5. The number of rotatable bonds is 4. The molecule has 0 saturated carbocycles. The maximum absolute atomic E-state index is 12.5. The highest BCUT2D eigenvalue weighted by Crippen LogP contribution is 2.23. The molecule has 0 aliphatic carbocycles. The van der Waals surface area contributed by atoms with Crippen LogP contribution in [0.5, 0.6) is 0 Å². The number of fused-ring (bicyclic) bond motifs is 1. The third-order valence-corrected chi connectivity index (χ3v) is 4.76. The number of carbonyl (C=O) groups excluding carboxylic acids is 2. The summed E-state index contributed by atoms with van der Waals surface area (Å²) in [5.74, 6) is -0.00414. The molecule has 1 N–H and O–H groups in total. The van der Waals surface area contributed by atoms with Crippen LogP contribution in [0.3, 0.4) is 0 Å². The van der Waals surface area contributed by atoms with Crippen molar-refractivity contribution < 1.29 is 9.59 Å². The van der Waals surface area contributed by atoms with Crippen molar-refractivity contribution in [3.63, 3.8) is 0 Å². The molecule has 0 radical (unpaired) electrons. The van der Waals surface area contributed by atoms with Crippen LogP contribution in [0, 0.1) is 0 Å². The number of nitrogens with one attached hydrogen (secondary N) is 1. The molecule has 1 aromatic heterocycles. The first kappa shape index (κ1) is 14.9. The average molecular weight is 324 g/mol. The molecular formula is C18H20N4O2. The number of benzene rings is 1. The minimum atomic E-state index is -0.494. The van der Waals surface area contributed by atoms with E-state index in [0.29, 0.717) is 13.0 Å². The van der Waals surface area contributed by atoms with E-state index in [1.54, 1.807) is 11.2 Å². The van der Waals surface area contributed by atoms with Gasteiger partial charge in [-0.1, -0.05) is 30.3 Å². The molecule has 124 valence electrons. The van der Waals surface area contributed by atoms with Crippen LogP contribution in [-0.2, 0) is 22.6 Å². The van der Waals surface area contributed by atoms with E-state index in [-0.39, 0.29) is 17.9 Å². The van der Waals surface area contributed by atoms with Gasteiger partial charge in [-0.25, -0.2) is 4.98 Å². The van der Waals surface area contributed by atoms with E-state index in [9.17, 15) is 9.59 Å². The van der Waals surface area contributed by atoms with Crippen molar-refractivity contribution in [2.24, 2.45) is 0 Å². The first-order valence-corrected chi connectivity index (χ1v) is 8.36. The smallest absolute Gasteiger partial charge is 0.246 e. The Morgan fingerprint density at radius 2 is 2.04 bits per heavy atom. The molecule has 2 amide bonds. The Morgan fingerprint density at radius 3 is 2.88 bits per heavy atom.